The minimum absolute atomic E-state index is 0.304. The van der Waals surface area contributed by atoms with Gasteiger partial charge in [-0.3, -0.25) is 9.35 Å². The van der Waals surface area contributed by atoms with Crippen molar-refractivity contribution < 1.29 is 62.8 Å². The van der Waals surface area contributed by atoms with E-state index in [9.17, 15) is 48.7 Å². The van der Waals surface area contributed by atoms with Gasteiger partial charge in [0.2, 0.25) is 5.78 Å². The molecule has 33 heavy (non-hydrogen) atoms. The lowest BCUT2D eigenvalue weighted by Gasteiger charge is -2.34. The largest absolute Gasteiger partial charge is 0.463 e. The van der Waals surface area contributed by atoms with Crippen molar-refractivity contribution in [1.82, 2.24) is 0 Å². The van der Waals surface area contributed by atoms with E-state index in [0.717, 1.165) is 6.42 Å². The maximum Gasteiger partial charge on any atom is 0.463 e. The van der Waals surface area contributed by atoms with Gasteiger partial charge in [0.05, 0.1) is 6.61 Å². The molecule has 1 aliphatic carbocycles. The SMILES string of the molecule is C=CC(=O)OC(OCCCC(F)(F)C(F)(F)S(=O)(=O)O)(C(=O)CC1CCCCC1)C(F)(F)F. The number of ether oxygens (including phenoxy) is 2. The summed E-state index contributed by atoms with van der Waals surface area (Å²) in [7, 11) is -6.54. The van der Waals surface area contributed by atoms with Gasteiger partial charge in [-0.25, -0.2) is 4.79 Å². The van der Waals surface area contributed by atoms with Crippen LogP contribution in [0.4, 0.5) is 30.7 Å². The number of alkyl halides is 7. The van der Waals surface area contributed by atoms with E-state index >= 15 is 0 Å². The zero-order chi connectivity index (χ0) is 25.7. The first-order valence-corrected chi connectivity index (χ1v) is 11.2. The number of halogens is 7. The molecule has 1 fully saturated rings. The maximum absolute atomic E-state index is 13.8. The second-order valence-electron chi connectivity index (χ2n) is 7.52. The van der Waals surface area contributed by atoms with Gasteiger partial charge in [-0.05, 0) is 12.3 Å². The molecule has 1 saturated carbocycles. The van der Waals surface area contributed by atoms with Crippen LogP contribution >= 0.6 is 0 Å². The summed E-state index contributed by atoms with van der Waals surface area (Å²) >= 11 is 0. The molecule has 1 unspecified atom stereocenters. The molecule has 0 bridgehead atoms. The zero-order valence-electron chi connectivity index (χ0n) is 17.2. The Morgan fingerprint density at radius 2 is 1.58 bits per heavy atom. The van der Waals surface area contributed by atoms with E-state index in [1.54, 1.807) is 0 Å². The Hall–Kier alpha value is -1.74. The molecule has 1 N–H and O–H groups in total. The van der Waals surface area contributed by atoms with Gasteiger partial charge in [-0.15, -0.1) is 0 Å². The molecule has 0 aromatic carbocycles. The normalized spacial score (nSPS) is 18.4. The summed E-state index contributed by atoms with van der Waals surface area (Å²) in [5.41, 5.74) is 0. The quantitative estimate of drug-likeness (QED) is 0.102. The number of hydrogen-bond donors (Lipinski definition) is 1. The Labute approximate surface area is 185 Å². The Balaban J connectivity index is 3.07. The third kappa shape index (κ3) is 6.88. The predicted molar refractivity (Wildman–Crippen MR) is 97.9 cm³/mol. The van der Waals surface area contributed by atoms with Gasteiger partial charge in [-0.2, -0.15) is 39.2 Å². The summed E-state index contributed by atoms with van der Waals surface area (Å²) in [6.07, 6.45) is -6.46. The highest BCUT2D eigenvalue weighted by Crippen LogP contribution is 2.43. The Kier molecular flexibility index (Phi) is 9.48. The molecule has 0 spiro atoms. The fourth-order valence-corrected chi connectivity index (χ4v) is 3.76. The third-order valence-corrected chi connectivity index (χ3v) is 5.99. The van der Waals surface area contributed by atoms with Crippen LogP contribution in [-0.2, 0) is 29.2 Å². The molecule has 1 rings (SSSR count). The Bertz CT molecular complexity index is 820. The summed E-state index contributed by atoms with van der Waals surface area (Å²) < 4.78 is 133. The van der Waals surface area contributed by atoms with Crippen molar-refractivity contribution in [2.45, 2.75) is 74.5 Å². The van der Waals surface area contributed by atoms with E-state index in [2.05, 4.69) is 16.1 Å². The number of carbonyl (C=O) groups is 2. The van der Waals surface area contributed by atoms with Crippen molar-refractivity contribution in [3.63, 3.8) is 0 Å². The molecule has 0 aromatic rings. The van der Waals surface area contributed by atoms with Gasteiger partial charge in [0.1, 0.15) is 0 Å². The summed E-state index contributed by atoms with van der Waals surface area (Å²) in [6, 6.07) is 0. The molecule has 15 heteroatoms. The topological polar surface area (TPSA) is 107 Å². The predicted octanol–water partition coefficient (Wildman–Crippen LogP) is 4.43. The van der Waals surface area contributed by atoms with Crippen LogP contribution in [0.1, 0.15) is 51.4 Å². The number of esters is 1. The molecule has 1 atom stereocenters. The van der Waals surface area contributed by atoms with Gasteiger partial charge in [0, 0.05) is 18.9 Å². The minimum atomic E-state index is -6.54. The molecule has 0 saturated heterocycles. The van der Waals surface area contributed by atoms with Gasteiger partial charge >= 0.3 is 39.2 Å². The van der Waals surface area contributed by atoms with Crippen LogP contribution in [0.25, 0.3) is 0 Å². The zero-order valence-corrected chi connectivity index (χ0v) is 18.0. The highest BCUT2D eigenvalue weighted by Gasteiger charge is 2.67. The molecule has 0 aliphatic heterocycles. The number of carbonyl (C=O) groups excluding carboxylic acids is 2. The molecule has 7 nitrogen and oxygen atoms in total. The lowest BCUT2D eigenvalue weighted by molar-refractivity contribution is -0.346. The van der Waals surface area contributed by atoms with E-state index in [0.29, 0.717) is 31.8 Å². The molecule has 0 aromatic heterocycles. The monoisotopic (exact) mass is 516 g/mol. The molecular formula is C18H23F7O7S. The van der Waals surface area contributed by atoms with Crippen molar-refractivity contribution in [3.8, 4) is 0 Å². The Morgan fingerprint density at radius 3 is 2.03 bits per heavy atom. The maximum atomic E-state index is 13.8. The second-order valence-corrected chi connectivity index (χ2v) is 8.98. The van der Waals surface area contributed by atoms with Crippen molar-refractivity contribution in [2.75, 3.05) is 6.61 Å². The lowest BCUT2D eigenvalue weighted by atomic mass is 9.84. The second kappa shape index (κ2) is 10.7. The van der Waals surface area contributed by atoms with Crippen LogP contribution < -0.4 is 0 Å². The van der Waals surface area contributed by atoms with E-state index in [1.165, 1.54) is 0 Å². The Morgan fingerprint density at radius 1 is 1.03 bits per heavy atom. The molecule has 1 aliphatic rings. The average Bonchev–Trinajstić information content (AvgIpc) is 2.68. The summed E-state index contributed by atoms with van der Waals surface area (Å²) in [5.74, 6) is -13.5. The molecule has 0 heterocycles. The third-order valence-electron chi connectivity index (χ3n) is 5.04. The number of hydrogen-bond acceptors (Lipinski definition) is 6. The van der Waals surface area contributed by atoms with Crippen molar-refractivity contribution >= 4 is 21.9 Å². The molecule has 0 amide bonds. The summed E-state index contributed by atoms with van der Waals surface area (Å²) in [5, 5.41) is -5.92. The fraction of sp³-hybridized carbons (Fsp3) is 0.778. The van der Waals surface area contributed by atoms with Crippen molar-refractivity contribution in [3.05, 3.63) is 12.7 Å². The average molecular weight is 516 g/mol. The van der Waals surface area contributed by atoms with E-state index < -0.39 is 76.8 Å². The van der Waals surface area contributed by atoms with Gasteiger partial charge in [0.25, 0.3) is 0 Å². The van der Waals surface area contributed by atoms with Crippen LogP contribution in [0.2, 0.25) is 0 Å². The first kappa shape index (κ1) is 29.3. The standard InChI is InChI=1S/C18H23F7O7S/c1-2-14(27)32-16(17(21,22)23,13(26)11-12-7-4-3-5-8-12)31-10-6-9-15(19,20)18(24,25)33(28,29)30/h2,12H,1,3-11H2,(H,28,29,30). The van der Waals surface area contributed by atoms with Crippen LogP contribution in [0.3, 0.4) is 0 Å². The van der Waals surface area contributed by atoms with Gasteiger partial charge in [0.15, 0.2) is 0 Å². The lowest BCUT2D eigenvalue weighted by Crippen LogP contribution is -2.58. The van der Waals surface area contributed by atoms with Crippen LogP contribution in [0.5, 0.6) is 0 Å². The van der Waals surface area contributed by atoms with Gasteiger partial charge < -0.3 is 9.47 Å². The van der Waals surface area contributed by atoms with Crippen molar-refractivity contribution in [1.29, 1.82) is 0 Å². The number of Topliss-reactive ketones (excluding diaryl/α,β-unsaturated/α-hetero) is 1. The highest BCUT2D eigenvalue weighted by atomic mass is 32.2. The first-order chi connectivity index (χ1) is 14.9. The van der Waals surface area contributed by atoms with Crippen molar-refractivity contribution in [2.24, 2.45) is 5.92 Å². The minimum Gasteiger partial charge on any atom is -0.413 e. The van der Waals surface area contributed by atoms with Crippen LogP contribution in [0.15, 0.2) is 12.7 Å². The summed E-state index contributed by atoms with van der Waals surface area (Å²) in [6.45, 7) is 1.46. The number of rotatable bonds is 12. The summed E-state index contributed by atoms with van der Waals surface area (Å²) in [4.78, 5) is 24.1. The molecule has 192 valence electrons. The van der Waals surface area contributed by atoms with Crippen LogP contribution in [-0.4, -0.2) is 54.5 Å². The smallest absolute Gasteiger partial charge is 0.413 e. The molecular weight excluding hydrogens is 493 g/mol. The first-order valence-electron chi connectivity index (χ1n) is 9.73. The van der Waals surface area contributed by atoms with Crippen LogP contribution in [0, 0.1) is 5.92 Å². The highest BCUT2D eigenvalue weighted by molar-refractivity contribution is 7.87. The van der Waals surface area contributed by atoms with E-state index in [-0.39, 0.29) is 0 Å². The van der Waals surface area contributed by atoms with E-state index in [4.69, 9.17) is 4.55 Å². The number of ketones is 1. The van der Waals surface area contributed by atoms with Gasteiger partial charge in [-0.1, -0.05) is 38.7 Å². The fourth-order valence-electron chi connectivity index (χ4n) is 3.28. The van der Waals surface area contributed by atoms with E-state index in [1.807, 2.05) is 0 Å². The molecule has 0 radical (unpaired) electrons.